The number of anilines is 1. The van der Waals surface area contributed by atoms with Gasteiger partial charge in [-0.1, -0.05) is 0 Å². The van der Waals surface area contributed by atoms with E-state index in [1.807, 2.05) is 0 Å². The van der Waals surface area contributed by atoms with E-state index in [-0.39, 0.29) is 5.91 Å². The summed E-state index contributed by atoms with van der Waals surface area (Å²) in [6, 6.07) is 1.75. The molecule has 5 nitrogen and oxygen atoms in total. The molecule has 0 aromatic carbocycles. The lowest BCUT2D eigenvalue weighted by molar-refractivity contribution is 0.0821. The Morgan fingerprint density at radius 1 is 1.56 bits per heavy atom. The fourth-order valence-corrected chi connectivity index (χ4v) is 2.14. The summed E-state index contributed by atoms with van der Waals surface area (Å²) in [4.78, 5) is 17.4. The molecule has 1 amide bonds. The molecule has 0 aliphatic rings. The minimum absolute atomic E-state index is 0.0775. The quantitative estimate of drug-likeness (QED) is 0.860. The van der Waals surface area contributed by atoms with E-state index in [1.165, 1.54) is 4.90 Å². The van der Waals surface area contributed by atoms with Gasteiger partial charge in [0.15, 0.2) is 0 Å². The van der Waals surface area contributed by atoms with E-state index in [0.29, 0.717) is 17.0 Å². The first-order chi connectivity index (χ1) is 7.52. The second kappa shape index (κ2) is 3.79. The molecular weight excluding hydrogens is 272 g/mol. The molecule has 2 aromatic rings. The topological polar surface area (TPSA) is 63.6 Å². The van der Waals surface area contributed by atoms with Crippen molar-refractivity contribution in [3.63, 3.8) is 0 Å². The van der Waals surface area contributed by atoms with Crippen molar-refractivity contribution < 1.29 is 4.79 Å². The molecule has 2 heterocycles. The van der Waals surface area contributed by atoms with Gasteiger partial charge < -0.3 is 15.0 Å². The van der Waals surface area contributed by atoms with Gasteiger partial charge >= 0.3 is 0 Å². The molecule has 0 fully saturated rings. The number of nitrogens with zero attached hydrogens (tertiary/aromatic N) is 3. The Hall–Kier alpha value is -1.56. The third-order valence-corrected chi connectivity index (χ3v) is 2.89. The fourth-order valence-electron chi connectivity index (χ4n) is 1.53. The lowest BCUT2D eigenvalue weighted by Crippen LogP contribution is -2.23. The van der Waals surface area contributed by atoms with E-state index >= 15 is 0 Å². The van der Waals surface area contributed by atoms with Gasteiger partial charge in [-0.2, -0.15) is 0 Å². The van der Waals surface area contributed by atoms with Crippen LogP contribution in [0.2, 0.25) is 0 Å². The number of hydrogen-bond acceptors (Lipinski definition) is 3. The van der Waals surface area contributed by atoms with E-state index in [1.54, 1.807) is 37.0 Å². The van der Waals surface area contributed by atoms with Crippen LogP contribution < -0.4 is 5.73 Å². The molecule has 16 heavy (non-hydrogen) atoms. The van der Waals surface area contributed by atoms with Gasteiger partial charge in [0.05, 0.1) is 0 Å². The predicted octanol–water partition coefficient (Wildman–Crippen LogP) is 1.38. The maximum absolute atomic E-state index is 11.9. The third-order valence-electron chi connectivity index (χ3n) is 2.29. The van der Waals surface area contributed by atoms with Crippen LogP contribution in [0.15, 0.2) is 22.9 Å². The summed E-state index contributed by atoms with van der Waals surface area (Å²) in [6.07, 6.45) is 3.29. The minimum Gasteiger partial charge on any atom is -0.382 e. The van der Waals surface area contributed by atoms with Crippen LogP contribution >= 0.6 is 15.9 Å². The number of fused-ring (bicyclic) bond motifs is 1. The molecule has 2 N–H and O–H groups in total. The fraction of sp³-hybridized carbons (Fsp3) is 0.200. The van der Waals surface area contributed by atoms with Crippen molar-refractivity contribution in [3.8, 4) is 0 Å². The predicted molar refractivity (Wildman–Crippen MR) is 65.3 cm³/mol. The normalized spacial score (nSPS) is 10.7. The van der Waals surface area contributed by atoms with Crippen LogP contribution in [0.25, 0.3) is 5.52 Å². The molecule has 2 aromatic heterocycles. The van der Waals surface area contributed by atoms with Gasteiger partial charge in [-0.15, -0.1) is 0 Å². The van der Waals surface area contributed by atoms with Crippen molar-refractivity contribution in [1.29, 1.82) is 0 Å². The van der Waals surface area contributed by atoms with Crippen molar-refractivity contribution >= 4 is 33.2 Å². The zero-order valence-electron chi connectivity index (χ0n) is 8.94. The van der Waals surface area contributed by atoms with E-state index in [9.17, 15) is 4.79 Å². The Bertz CT molecular complexity index is 561. The smallest absolute Gasteiger partial charge is 0.270 e. The zero-order valence-corrected chi connectivity index (χ0v) is 10.5. The van der Waals surface area contributed by atoms with Gasteiger partial charge in [0.1, 0.15) is 17.0 Å². The van der Waals surface area contributed by atoms with Crippen molar-refractivity contribution in [1.82, 2.24) is 14.3 Å². The largest absolute Gasteiger partial charge is 0.382 e. The van der Waals surface area contributed by atoms with E-state index in [4.69, 9.17) is 5.73 Å². The lowest BCUT2D eigenvalue weighted by atomic mass is 10.4. The van der Waals surface area contributed by atoms with Gasteiger partial charge in [0.25, 0.3) is 5.91 Å². The highest BCUT2D eigenvalue weighted by molar-refractivity contribution is 9.10. The first-order valence-electron chi connectivity index (χ1n) is 4.65. The van der Waals surface area contributed by atoms with Crippen LogP contribution in [0.4, 0.5) is 5.82 Å². The van der Waals surface area contributed by atoms with Gasteiger partial charge in [-0.3, -0.25) is 4.79 Å². The summed E-state index contributed by atoms with van der Waals surface area (Å²) < 4.78 is 2.50. The van der Waals surface area contributed by atoms with Crippen molar-refractivity contribution in [2.75, 3.05) is 19.8 Å². The number of amides is 1. The zero-order chi connectivity index (χ0) is 11.9. The highest BCUT2D eigenvalue weighted by atomic mass is 79.9. The Labute approximate surface area is 101 Å². The van der Waals surface area contributed by atoms with Crippen LogP contribution in [0.1, 0.15) is 10.5 Å². The van der Waals surface area contributed by atoms with Crippen LogP contribution in [-0.2, 0) is 0 Å². The van der Waals surface area contributed by atoms with Crippen molar-refractivity contribution in [2.45, 2.75) is 0 Å². The molecule has 0 unspecified atom stereocenters. The minimum atomic E-state index is -0.0775. The van der Waals surface area contributed by atoms with E-state index in [0.717, 1.165) is 4.47 Å². The molecule has 2 rings (SSSR count). The monoisotopic (exact) mass is 282 g/mol. The number of halogens is 1. The number of nitrogens with two attached hydrogens (primary N) is 1. The van der Waals surface area contributed by atoms with E-state index < -0.39 is 0 Å². The molecule has 0 spiro atoms. The first-order valence-corrected chi connectivity index (χ1v) is 5.44. The first kappa shape index (κ1) is 10.9. The standard InChI is InChI=1S/C10H11BrN4O/c1-14(2)10(16)7-5-6(11)8-9(12)13-3-4-15(7)8/h3-5H,1-2H3,(H2,12,13). The van der Waals surface area contributed by atoms with Crippen LogP contribution in [0.5, 0.6) is 0 Å². The van der Waals surface area contributed by atoms with Gasteiger partial charge in [-0.05, 0) is 22.0 Å². The van der Waals surface area contributed by atoms with Gasteiger partial charge in [0.2, 0.25) is 0 Å². The summed E-state index contributed by atoms with van der Waals surface area (Å²) in [5.41, 5.74) is 7.03. The summed E-state index contributed by atoms with van der Waals surface area (Å²) in [5, 5.41) is 0. The van der Waals surface area contributed by atoms with Gasteiger partial charge in [0, 0.05) is 31.0 Å². The average molecular weight is 283 g/mol. The number of hydrogen-bond donors (Lipinski definition) is 1. The Morgan fingerprint density at radius 3 is 2.88 bits per heavy atom. The van der Waals surface area contributed by atoms with Crippen LogP contribution in [0, 0.1) is 0 Å². The second-order valence-electron chi connectivity index (χ2n) is 3.61. The summed E-state index contributed by atoms with van der Waals surface area (Å²) in [5.74, 6) is 0.318. The summed E-state index contributed by atoms with van der Waals surface area (Å²) >= 11 is 3.37. The van der Waals surface area contributed by atoms with Crippen molar-refractivity contribution in [2.24, 2.45) is 0 Å². The molecule has 0 saturated carbocycles. The third kappa shape index (κ3) is 1.55. The molecule has 0 bridgehead atoms. The lowest BCUT2D eigenvalue weighted by Gasteiger charge is -2.09. The molecule has 0 aliphatic carbocycles. The van der Waals surface area contributed by atoms with Crippen LogP contribution in [0.3, 0.4) is 0 Å². The molecule has 0 radical (unpaired) electrons. The van der Waals surface area contributed by atoms with Crippen molar-refractivity contribution in [3.05, 3.63) is 28.6 Å². The molecule has 0 atom stereocenters. The number of nitrogen functional groups attached to an aromatic ring is 1. The Morgan fingerprint density at radius 2 is 2.25 bits per heavy atom. The maximum Gasteiger partial charge on any atom is 0.270 e. The van der Waals surface area contributed by atoms with Crippen LogP contribution in [-0.4, -0.2) is 34.3 Å². The highest BCUT2D eigenvalue weighted by Crippen LogP contribution is 2.26. The number of carbonyl (C=O) groups is 1. The molecule has 84 valence electrons. The number of rotatable bonds is 1. The van der Waals surface area contributed by atoms with E-state index in [2.05, 4.69) is 20.9 Å². The molecule has 0 aliphatic heterocycles. The molecular formula is C10H11BrN4O. The second-order valence-corrected chi connectivity index (χ2v) is 4.46. The number of carbonyl (C=O) groups excluding carboxylic acids is 1. The molecule has 0 saturated heterocycles. The van der Waals surface area contributed by atoms with Gasteiger partial charge in [-0.25, -0.2) is 4.98 Å². The maximum atomic E-state index is 11.9. The number of aromatic nitrogens is 2. The SMILES string of the molecule is CN(C)C(=O)c1cc(Br)c2c(N)nccn12. The highest BCUT2D eigenvalue weighted by Gasteiger charge is 2.17. The Balaban J connectivity index is 2.74. The molecule has 6 heteroatoms. The Kier molecular flexibility index (Phi) is 2.59. The average Bonchev–Trinajstić information content (AvgIpc) is 2.56. The summed E-state index contributed by atoms with van der Waals surface area (Å²) in [6.45, 7) is 0. The summed E-state index contributed by atoms with van der Waals surface area (Å²) in [7, 11) is 3.42.